The summed E-state index contributed by atoms with van der Waals surface area (Å²) in [6.45, 7) is 0. The van der Waals surface area contributed by atoms with Gasteiger partial charge in [-0.3, -0.25) is 4.79 Å². The third-order valence-electron chi connectivity index (χ3n) is 3.95. The van der Waals surface area contributed by atoms with Gasteiger partial charge in [0.15, 0.2) is 0 Å². The van der Waals surface area contributed by atoms with Gasteiger partial charge in [-0.15, -0.1) is 0 Å². The quantitative estimate of drug-likeness (QED) is 0.924. The highest BCUT2D eigenvalue weighted by molar-refractivity contribution is 5.76. The molecule has 0 heterocycles. The molecule has 0 saturated heterocycles. The maximum Gasteiger partial charge on any atom is 0.308 e. The molecule has 0 aromatic heterocycles. The number of aliphatic carboxylic acids is 1. The van der Waals surface area contributed by atoms with Crippen LogP contribution in [0.3, 0.4) is 0 Å². The van der Waals surface area contributed by atoms with Gasteiger partial charge in [-0.1, -0.05) is 42.5 Å². The van der Waals surface area contributed by atoms with Crippen LogP contribution in [0.15, 0.2) is 54.6 Å². The van der Waals surface area contributed by atoms with Crippen LogP contribution >= 0.6 is 0 Å². The van der Waals surface area contributed by atoms with Crippen molar-refractivity contribution in [3.63, 3.8) is 0 Å². The molecule has 2 atom stereocenters. The molecule has 1 N–H and O–H groups in total. The first kappa shape index (κ1) is 12.7. The van der Waals surface area contributed by atoms with Gasteiger partial charge in [-0.05, 0) is 29.7 Å². The van der Waals surface area contributed by atoms with Crippen LogP contribution in [0.5, 0.6) is 0 Å². The summed E-state index contributed by atoms with van der Waals surface area (Å²) >= 11 is 0. The van der Waals surface area contributed by atoms with Gasteiger partial charge in [0.25, 0.3) is 0 Å². The number of nitrogens with zero attached hydrogens (tertiary/aromatic N) is 1. The van der Waals surface area contributed by atoms with Gasteiger partial charge in [0.05, 0.1) is 5.92 Å². The SMILES string of the molecule is CN(c1ccc(-c2ccccc2)cc1)C1CC1C(=O)O. The Morgan fingerprint density at radius 3 is 2.20 bits per heavy atom. The molecular weight excluding hydrogens is 250 g/mol. The summed E-state index contributed by atoms with van der Waals surface area (Å²) in [5, 5.41) is 8.99. The van der Waals surface area contributed by atoms with Crippen molar-refractivity contribution in [2.45, 2.75) is 12.5 Å². The zero-order valence-electron chi connectivity index (χ0n) is 11.4. The Kier molecular flexibility index (Phi) is 3.18. The number of hydrogen-bond donors (Lipinski definition) is 1. The fraction of sp³-hybridized carbons (Fsp3) is 0.235. The molecule has 1 fully saturated rings. The van der Waals surface area contributed by atoms with Gasteiger partial charge < -0.3 is 10.0 Å². The van der Waals surface area contributed by atoms with Crippen molar-refractivity contribution in [1.29, 1.82) is 0 Å². The van der Waals surface area contributed by atoms with Crippen molar-refractivity contribution >= 4 is 11.7 Å². The van der Waals surface area contributed by atoms with Gasteiger partial charge in [0.2, 0.25) is 0 Å². The zero-order valence-corrected chi connectivity index (χ0v) is 11.4. The highest BCUT2D eigenvalue weighted by Crippen LogP contribution is 2.38. The Hall–Kier alpha value is -2.29. The highest BCUT2D eigenvalue weighted by Gasteiger charge is 2.46. The number of benzene rings is 2. The van der Waals surface area contributed by atoms with Gasteiger partial charge in [-0.2, -0.15) is 0 Å². The van der Waals surface area contributed by atoms with E-state index in [2.05, 4.69) is 41.3 Å². The monoisotopic (exact) mass is 267 g/mol. The molecule has 2 aromatic rings. The lowest BCUT2D eigenvalue weighted by Gasteiger charge is -2.19. The van der Waals surface area contributed by atoms with E-state index in [9.17, 15) is 4.79 Å². The van der Waals surface area contributed by atoms with E-state index in [1.54, 1.807) is 0 Å². The lowest BCUT2D eigenvalue weighted by molar-refractivity contribution is -0.138. The van der Waals surface area contributed by atoms with Crippen LogP contribution in [-0.4, -0.2) is 24.2 Å². The molecule has 0 aliphatic heterocycles. The summed E-state index contributed by atoms with van der Waals surface area (Å²) in [5.41, 5.74) is 3.43. The molecule has 0 radical (unpaired) electrons. The molecule has 3 nitrogen and oxygen atoms in total. The van der Waals surface area contributed by atoms with Crippen LogP contribution < -0.4 is 4.90 Å². The average molecular weight is 267 g/mol. The Morgan fingerprint density at radius 1 is 1.05 bits per heavy atom. The van der Waals surface area contributed by atoms with Gasteiger partial charge >= 0.3 is 5.97 Å². The maximum absolute atomic E-state index is 10.9. The first-order valence-corrected chi connectivity index (χ1v) is 6.78. The summed E-state index contributed by atoms with van der Waals surface area (Å²) in [6, 6.07) is 18.6. The average Bonchev–Trinajstić information content (AvgIpc) is 3.28. The smallest absolute Gasteiger partial charge is 0.308 e. The van der Waals surface area contributed by atoms with Crippen LogP contribution in [0.25, 0.3) is 11.1 Å². The minimum absolute atomic E-state index is 0.134. The molecule has 1 aliphatic carbocycles. The fourth-order valence-electron chi connectivity index (χ4n) is 2.59. The van der Waals surface area contributed by atoms with E-state index in [0.717, 1.165) is 12.1 Å². The molecule has 20 heavy (non-hydrogen) atoms. The zero-order chi connectivity index (χ0) is 14.1. The molecule has 1 aliphatic rings. The highest BCUT2D eigenvalue weighted by atomic mass is 16.4. The van der Waals surface area contributed by atoms with Gasteiger partial charge in [0.1, 0.15) is 0 Å². The number of carboxylic acid groups (broad SMARTS) is 1. The number of carboxylic acids is 1. The molecule has 3 rings (SSSR count). The third kappa shape index (κ3) is 2.39. The molecule has 2 aromatic carbocycles. The summed E-state index contributed by atoms with van der Waals surface area (Å²) in [5.74, 6) is -0.906. The lowest BCUT2D eigenvalue weighted by atomic mass is 10.1. The third-order valence-corrected chi connectivity index (χ3v) is 3.95. The Bertz CT molecular complexity index is 607. The van der Waals surface area contributed by atoms with Crippen LogP contribution in [-0.2, 0) is 4.79 Å². The molecule has 3 heteroatoms. The van der Waals surface area contributed by atoms with E-state index < -0.39 is 5.97 Å². The predicted molar refractivity (Wildman–Crippen MR) is 79.8 cm³/mol. The van der Waals surface area contributed by atoms with Crippen molar-refractivity contribution < 1.29 is 9.90 Å². The van der Waals surface area contributed by atoms with Crippen molar-refractivity contribution in [2.24, 2.45) is 5.92 Å². The minimum atomic E-state index is -0.692. The molecule has 2 unspecified atom stereocenters. The van der Waals surface area contributed by atoms with E-state index in [4.69, 9.17) is 5.11 Å². The predicted octanol–water partition coefficient (Wildman–Crippen LogP) is 3.26. The number of hydrogen-bond acceptors (Lipinski definition) is 2. The number of carbonyl (C=O) groups is 1. The first-order valence-electron chi connectivity index (χ1n) is 6.78. The van der Waals surface area contributed by atoms with Crippen LogP contribution in [0.1, 0.15) is 6.42 Å². The number of anilines is 1. The Labute approximate surface area is 118 Å². The molecule has 0 bridgehead atoms. The molecule has 0 spiro atoms. The summed E-state index contributed by atoms with van der Waals surface area (Å²) in [6.07, 6.45) is 0.742. The van der Waals surface area contributed by atoms with E-state index in [-0.39, 0.29) is 12.0 Å². The second kappa shape index (κ2) is 5.00. The molecule has 1 saturated carbocycles. The van der Waals surface area contributed by atoms with Crippen molar-refractivity contribution in [3.8, 4) is 11.1 Å². The Balaban J connectivity index is 1.75. The van der Waals surface area contributed by atoms with Crippen LogP contribution in [0.2, 0.25) is 0 Å². The summed E-state index contributed by atoms with van der Waals surface area (Å²) in [4.78, 5) is 13.0. The summed E-state index contributed by atoms with van der Waals surface area (Å²) < 4.78 is 0. The van der Waals surface area contributed by atoms with E-state index in [1.807, 2.05) is 25.2 Å². The second-order valence-corrected chi connectivity index (χ2v) is 5.27. The second-order valence-electron chi connectivity index (χ2n) is 5.27. The van der Waals surface area contributed by atoms with E-state index >= 15 is 0 Å². The maximum atomic E-state index is 10.9. The first-order chi connectivity index (χ1) is 9.66. The van der Waals surface area contributed by atoms with Crippen molar-refractivity contribution in [3.05, 3.63) is 54.6 Å². The van der Waals surface area contributed by atoms with Crippen LogP contribution in [0.4, 0.5) is 5.69 Å². The topological polar surface area (TPSA) is 40.5 Å². The molecular formula is C17H17NO2. The van der Waals surface area contributed by atoms with Crippen molar-refractivity contribution in [1.82, 2.24) is 0 Å². The van der Waals surface area contributed by atoms with Crippen LogP contribution in [0, 0.1) is 5.92 Å². The lowest BCUT2D eigenvalue weighted by Crippen LogP contribution is -2.23. The standard InChI is InChI=1S/C17H17NO2/c1-18(16-11-15(16)17(19)20)14-9-7-13(8-10-14)12-5-3-2-4-6-12/h2-10,15-16H,11H2,1H3,(H,19,20). The number of rotatable bonds is 4. The van der Waals surface area contributed by atoms with Gasteiger partial charge in [0, 0.05) is 18.8 Å². The molecule has 0 amide bonds. The molecule has 102 valence electrons. The minimum Gasteiger partial charge on any atom is -0.481 e. The van der Waals surface area contributed by atoms with Gasteiger partial charge in [-0.25, -0.2) is 0 Å². The Morgan fingerprint density at radius 2 is 1.65 bits per heavy atom. The van der Waals surface area contributed by atoms with E-state index in [0.29, 0.717) is 0 Å². The fourth-order valence-corrected chi connectivity index (χ4v) is 2.59. The van der Waals surface area contributed by atoms with E-state index in [1.165, 1.54) is 11.1 Å². The van der Waals surface area contributed by atoms with Crippen molar-refractivity contribution in [2.75, 3.05) is 11.9 Å². The summed E-state index contributed by atoms with van der Waals surface area (Å²) in [7, 11) is 1.96. The largest absolute Gasteiger partial charge is 0.481 e. The normalized spacial score (nSPS) is 20.4.